The van der Waals surface area contributed by atoms with Crippen LogP contribution < -0.4 is 3.40 Å². The first-order chi connectivity index (χ1) is 10.0. The first-order valence-corrected chi connectivity index (χ1v) is 26.1. The molecule has 0 aromatic carbocycles. The molecule has 1 heterocycles. The molecular formula is C22H43Cl2NZr. The fraction of sp³-hybridized carbons (Fsp3) is 0.591. The number of aromatic amines is 1. The van der Waals surface area contributed by atoms with E-state index in [2.05, 4.69) is 102 Å². The van der Waals surface area contributed by atoms with Crippen LogP contribution in [0.3, 0.4) is 0 Å². The van der Waals surface area contributed by atoms with Crippen molar-refractivity contribution in [3.8, 4) is 0 Å². The van der Waals surface area contributed by atoms with Gasteiger partial charge in [0, 0.05) is 0 Å². The van der Waals surface area contributed by atoms with Gasteiger partial charge < -0.3 is 0 Å². The van der Waals surface area contributed by atoms with Crippen molar-refractivity contribution >= 4 is 32.4 Å². The normalized spacial score (nSPS) is 23.5. The zero-order valence-corrected chi connectivity index (χ0v) is 22.8. The Balaban J connectivity index is 0.00000312. The summed E-state index contributed by atoms with van der Waals surface area (Å²) in [5.41, 5.74) is 0. The minimum atomic E-state index is -6.09. The average molecular weight is 484 g/mol. The van der Waals surface area contributed by atoms with Gasteiger partial charge in [-0.2, -0.15) is 0 Å². The first-order valence-electron chi connectivity index (χ1n) is 9.56. The molecule has 0 aliphatic heterocycles. The van der Waals surface area contributed by atoms with Gasteiger partial charge in [-0.05, 0) is 0 Å². The molecule has 4 heteroatoms. The molecule has 2 rings (SSSR count). The number of allylic oxidation sites excluding steroid dienone is 4. The molecule has 0 fully saturated rings. The van der Waals surface area contributed by atoms with Gasteiger partial charge in [-0.25, -0.2) is 0 Å². The van der Waals surface area contributed by atoms with Crippen LogP contribution in [0.2, 0.25) is 24.8 Å². The summed E-state index contributed by atoms with van der Waals surface area (Å²) in [6.07, 6.45) is 9.93. The zero-order chi connectivity index (χ0) is 19.1. The molecule has 1 aromatic heterocycles. The topological polar surface area (TPSA) is 15.8 Å². The van der Waals surface area contributed by atoms with Gasteiger partial charge in [-0.15, -0.1) is 24.8 Å². The first kappa shape index (κ1) is 26.1. The molecule has 0 atom stereocenters. The van der Waals surface area contributed by atoms with E-state index in [0.717, 1.165) is 6.42 Å². The summed E-state index contributed by atoms with van der Waals surface area (Å²) in [6, 6.07) is 4.44. The van der Waals surface area contributed by atoms with Crippen LogP contribution in [0.1, 0.15) is 48.0 Å². The van der Waals surface area contributed by atoms with E-state index in [1.165, 1.54) is 6.68 Å². The molecular weight excluding hydrogens is 440 g/mol. The Labute approximate surface area is 161 Å². The van der Waals surface area contributed by atoms with E-state index in [0.29, 0.717) is 0 Å². The molecule has 26 heavy (non-hydrogen) atoms. The maximum atomic E-state index is 5.62. The van der Waals surface area contributed by atoms with Gasteiger partial charge in [-0.1, -0.05) is 0 Å². The van der Waals surface area contributed by atoms with E-state index >= 15 is 0 Å². The molecule has 1 aliphatic rings. The molecule has 0 amide bonds. The number of hydrogen-bond donors (Lipinski definition) is 1. The summed E-state index contributed by atoms with van der Waals surface area (Å²) < 4.78 is 18.5. The SMILES string of the molecule is Cl.Cl.[CH2]=[Zr]([CH3])([CH3])([CH3])([CH3])([C]1=CC=CC1)([c]1ccc[nH]1)([C](C)(C)C)[C](C)(C)C. The van der Waals surface area contributed by atoms with Gasteiger partial charge in [0.05, 0.1) is 0 Å². The van der Waals surface area contributed by atoms with Crippen LogP contribution in [-0.2, 0) is 12.4 Å². The van der Waals surface area contributed by atoms with E-state index < -0.39 is 12.4 Å². The number of nitrogens with one attached hydrogen (secondary N) is 1. The summed E-state index contributed by atoms with van der Waals surface area (Å²) in [5.74, 6) is 0. The number of H-pyrrole nitrogens is 1. The third-order valence-electron chi connectivity index (χ3n) is 14.3. The summed E-state index contributed by atoms with van der Waals surface area (Å²) in [4.78, 5) is 3.71. The maximum absolute atomic E-state index is 6.09. The van der Waals surface area contributed by atoms with Crippen LogP contribution in [0, 0.1) is 0 Å². The van der Waals surface area contributed by atoms with E-state index in [9.17, 15) is 0 Å². The predicted octanol–water partition coefficient (Wildman–Crippen LogP) is 8.22. The third kappa shape index (κ3) is 1.45. The number of aromatic nitrogens is 1. The minimum absolute atomic E-state index is 0. The molecule has 0 radical (unpaired) electrons. The van der Waals surface area contributed by atoms with E-state index in [1.807, 2.05) is 0 Å². The van der Waals surface area contributed by atoms with Gasteiger partial charge in [0.1, 0.15) is 0 Å². The zero-order valence-electron chi connectivity index (χ0n) is 18.7. The van der Waals surface area contributed by atoms with Crippen LogP contribution in [0.5, 0.6) is 0 Å². The Morgan fingerprint density at radius 3 is 1.65 bits per heavy atom. The van der Waals surface area contributed by atoms with Crippen LogP contribution >= 0.6 is 24.8 Å². The Bertz CT molecular complexity index is 983. The van der Waals surface area contributed by atoms with Crippen LogP contribution in [0.15, 0.2) is 39.8 Å². The Morgan fingerprint density at radius 2 is 1.38 bits per heavy atom. The number of rotatable bonds is 2. The van der Waals surface area contributed by atoms with Crippen molar-refractivity contribution in [2.45, 2.75) is 72.7 Å². The van der Waals surface area contributed by atoms with Crippen molar-refractivity contribution in [2.75, 3.05) is 0 Å². The van der Waals surface area contributed by atoms with Gasteiger partial charge in [0.15, 0.2) is 0 Å². The second-order valence-corrected chi connectivity index (χ2v) is 75.6. The van der Waals surface area contributed by atoms with Crippen molar-refractivity contribution in [3.05, 3.63) is 39.8 Å². The van der Waals surface area contributed by atoms with Crippen LogP contribution in [0.25, 0.3) is 0 Å². The Hall–Kier alpha value is 0.0931. The summed E-state index contributed by atoms with van der Waals surface area (Å²) in [6.45, 7) is 14.5. The van der Waals surface area contributed by atoms with Crippen molar-refractivity contribution in [2.24, 2.45) is 0 Å². The monoisotopic (exact) mass is 481 g/mol. The second kappa shape index (κ2) is 3.78. The molecule has 0 spiro atoms. The number of hydrogen-bond acceptors (Lipinski definition) is 0. The standard InChI is InChI=1S/C5H5.C4H4N.2C4H9.4CH3.CH2.2ClH.Zr/c2*1-2-4-5-3-1;2*1-4(2)3;;;;;;;;/h1-3H,4H2;1-3,5H;2*1-3H3;4*1H3;1H2;2*1H;. The fourth-order valence-electron chi connectivity index (χ4n) is 5.96. The van der Waals surface area contributed by atoms with E-state index in [4.69, 9.17) is 4.21 Å². The van der Waals surface area contributed by atoms with Gasteiger partial charge in [0.2, 0.25) is 0 Å². The number of halogens is 2. The quantitative estimate of drug-likeness (QED) is 0.436. The van der Waals surface area contributed by atoms with Crippen molar-refractivity contribution < 1.29 is 12.4 Å². The molecule has 1 aromatic rings. The predicted molar refractivity (Wildman–Crippen MR) is 127 cm³/mol. The third-order valence-corrected chi connectivity index (χ3v) is 79.8. The van der Waals surface area contributed by atoms with E-state index in [-0.39, 0.29) is 31.1 Å². The fourth-order valence-corrected chi connectivity index (χ4v) is 32.4. The van der Waals surface area contributed by atoms with E-state index in [1.54, 1.807) is 0 Å². The Kier molecular flexibility index (Phi) is 3.79. The van der Waals surface area contributed by atoms with Gasteiger partial charge in [-0.3, -0.25) is 0 Å². The summed E-state index contributed by atoms with van der Waals surface area (Å²) in [7, 11) is 0. The van der Waals surface area contributed by atoms with Crippen LogP contribution in [-0.4, -0.2) is 9.20 Å². The average Bonchev–Trinajstić information content (AvgIpc) is 3.01. The van der Waals surface area contributed by atoms with Crippen molar-refractivity contribution in [3.63, 3.8) is 0 Å². The molecule has 0 unspecified atom stereocenters. The summed E-state index contributed by atoms with van der Waals surface area (Å²) in [5, 5.41) is 0. The second-order valence-electron chi connectivity index (χ2n) is 16.8. The van der Waals surface area contributed by atoms with Gasteiger partial charge >= 0.3 is 138 Å². The molecule has 1 nitrogen and oxygen atoms in total. The summed E-state index contributed by atoms with van der Waals surface area (Å²) >= 11 is -6.09. The van der Waals surface area contributed by atoms with Gasteiger partial charge in [0.25, 0.3) is 0 Å². The Morgan fingerprint density at radius 1 is 0.923 bits per heavy atom. The molecule has 0 saturated carbocycles. The van der Waals surface area contributed by atoms with Crippen LogP contribution in [0.4, 0.5) is 0 Å². The van der Waals surface area contributed by atoms with Crippen molar-refractivity contribution in [1.29, 1.82) is 0 Å². The van der Waals surface area contributed by atoms with Crippen molar-refractivity contribution in [1.82, 2.24) is 4.98 Å². The molecule has 0 saturated heterocycles. The molecule has 0 bridgehead atoms. The molecule has 1 aliphatic carbocycles. The molecule has 1 N–H and O–H groups in total. The molecule has 154 valence electrons.